The van der Waals surface area contributed by atoms with Gasteiger partial charge in [0.15, 0.2) is 11.5 Å². The molecule has 3 aromatic carbocycles. The van der Waals surface area contributed by atoms with Gasteiger partial charge in [0.05, 0.1) is 7.11 Å². The number of rotatable bonds is 10. The molecule has 0 atom stereocenters. The molecule has 0 aliphatic carbocycles. The number of benzene rings is 3. The summed E-state index contributed by atoms with van der Waals surface area (Å²) in [5, 5.41) is 3.49. The van der Waals surface area contributed by atoms with Crippen molar-refractivity contribution in [3.8, 4) is 11.5 Å². The van der Waals surface area contributed by atoms with E-state index in [1.807, 2.05) is 30.3 Å². The minimum atomic E-state index is 0.503. The normalized spacial score (nSPS) is 10.4. The van der Waals surface area contributed by atoms with Gasteiger partial charge in [0.25, 0.3) is 0 Å². The summed E-state index contributed by atoms with van der Waals surface area (Å²) in [6.45, 7) is 7.28. The lowest BCUT2D eigenvalue weighted by atomic mass is 10.0. The van der Waals surface area contributed by atoms with Crippen molar-refractivity contribution in [2.45, 2.75) is 32.9 Å². The molecule has 0 saturated heterocycles. The van der Waals surface area contributed by atoms with Crippen LogP contribution in [0.2, 0.25) is 0 Å². The third kappa shape index (κ3) is 5.64. The quantitative estimate of drug-likeness (QED) is 0.422. The van der Waals surface area contributed by atoms with Crippen LogP contribution in [0.3, 0.4) is 0 Å². The van der Waals surface area contributed by atoms with Gasteiger partial charge in [0, 0.05) is 17.8 Å². The number of hydrogen-bond acceptors (Lipinski definition) is 3. The van der Waals surface area contributed by atoms with E-state index in [1.165, 1.54) is 5.56 Å². The molecule has 150 valence electrons. The van der Waals surface area contributed by atoms with Crippen LogP contribution in [-0.2, 0) is 26.0 Å². The molecule has 0 spiro atoms. The van der Waals surface area contributed by atoms with Crippen molar-refractivity contribution in [2.24, 2.45) is 0 Å². The molecule has 0 bridgehead atoms. The zero-order valence-electron chi connectivity index (χ0n) is 17.3. The summed E-state index contributed by atoms with van der Waals surface area (Å²) < 4.78 is 11.8. The lowest BCUT2D eigenvalue weighted by Crippen LogP contribution is -2.05. The van der Waals surface area contributed by atoms with E-state index >= 15 is 0 Å². The summed E-state index contributed by atoms with van der Waals surface area (Å²) in [6.07, 6.45) is 3.66. The third-order valence-electron chi connectivity index (χ3n) is 4.86. The molecule has 3 aromatic rings. The van der Waals surface area contributed by atoms with Gasteiger partial charge in [-0.3, -0.25) is 0 Å². The van der Waals surface area contributed by atoms with E-state index in [2.05, 4.69) is 61.3 Å². The maximum atomic E-state index is 6.15. The molecule has 29 heavy (non-hydrogen) atoms. The van der Waals surface area contributed by atoms with Crippen molar-refractivity contribution in [3.05, 3.63) is 102 Å². The van der Waals surface area contributed by atoms with E-state index in [9.17, 15) is 0 Å². The highest BCUT2D eigenvalue weighted by Gasteiger charge is 2.13. The Balaban J connectivity index is 1.77. The number of anilines is 1. The highest BCUT2D eigenvalue weighted by Crippen LogP contribution is 2.34. The fourth-order valence-corrected chi connectivity index (χ4v) is 3.24. The lowest BCUT2D eigenvalue weighted by molar-refractivity contribution is 0.281. The highest BCUT2D eigenvalue weighted by molar-refractivity contribution is 5.52. The number of hydrogen-bond donors (Lipinski definition) is 1. The summed E-state index contributed by atoms with van der Waals surface area (Å²) in [5.41, 5.74) is 5.79. The van der Waals surface area contributed by atoms with Gasteiger partial charge in [-0.05, 0) is 53.8 Å². The first-order valence-electron chi connectivity index (χ1n) is 10.0. The Morgan fingerprint density at radius 1 is 0.931 bits per heavy atom. The summed E-state index contributed by atoms with van der Waals surface area (Å²) in [6, 6.07) is 22.9. The maximum absolute atomic E-state index is 6.15. The average molecular weight is 388 g/mol. The van der Waals surface area contributed by atoms with Gasteiger partial charge >= 0.3 is 0 Å². The Kier molecular flexibility index (Phi) is 7.34. The van der Waals surface area contributed by atoms with Gasteiger partial charge in [0.1, 0.15) is 6.61 Å². The molecular formula is C26H29NO2. The molecule has 3 heteroatoms. The van der Waals surface area contributed by atoms with Crippen LogP contribution >= 0.6 is 0 Å². The Bertz CT molecular complexity index is 917. The smallest absolute Gasteiger partial charge is 0.165 e. The third-order valence-corrected chi connectivity index (χ3v) is 4.86. The Hall–Kier alpha value is -3.20. The molecule has 0 aliphatic rings. The fraction of sp³-hybridized carbons (Fsp3) is 0.231. The molecule has 0 radical (unpaired) electrons. The van der Waals surface area contributed by atoms with Crippen LogP contribution in [-0.4, -0.2) is 7.11 Å². The second-order valence-electron chi connectivity index (χ2n) is 6.96. The number of allylic oxidation sites excluding steroid dienone is 1. The van der Waals surface area contributed by atoms with Gasteiger partial charge < -0.3 is 14.8 Å². The number of methoxy groups -OCH3 is 1. The molecular weight excluding hydrogens is 358 g/mol. The first kappa shape index (κ1) is 20.5. The minimum absolute atomic E-state index is 0.503. The van der Waals surface area contributed by atoms with Crippen molar-refractivity contribution in [3.63, 3.8) is 0 Å². The molecule has 0 aliphatic heterocycles. The van der Waals surface area contributed by atoms with Crippen LogP contribution < -0.4 is 14.8 Å². The summed E-state index contributed by atoms with van der Waals surface area (Å²) in [5.74, 6) is 1.53. The maximum Gasteiger partial charge on any atom is 0.165 e. The second-order valence-corrected chi connectivity index (χ2v) is 6.96. The molecule has 1 N–H and O–H groups in total. The second kappa shape index (κ2) is 10.4. The largest absolute Gasteiger partial charge is 0.493 e. The van der Waals surface area contributed by atoms with E-state index in [0.29, 0.717) is 13.2 Å². The fourth-order valence-electron chi connectivity index (χ4n) is 3.24. The Morgan fingerprint density at radius 3 is 2.34 bits per heavy atom. The van der Waals surface area contributed by atoms with E-state index in [0.717, 1.165) is 46.7 Å². The van der Waals surface area contributed by atoms with Crippen LogP contribution in [0.4, 0.5) is 5.69 Å². The molecule has 0 heterocycles. The van der Waals surface area contributed by atoms with Crippen LogP contribution in [0.1, 0.15) is 29.2 Å². The molecule has 3 rings (SSSR count). The van der Waals surface area contributed by atoms with Crippen LogP contribution in [0.15, 0.2) is 79.4 Å². The number of ether oxygens (including phenoxy) is 2. The van der Waals surface area contributed by atoms with Gasteiger partial charge in [-0.15, -0.1) is 6.58 Å². The standard InChI is InChI=1S/C26H29NO2/c1-4-9-23-16-22(18-27-24-14-12-20(5-2)13-15-24)17-25(28-3)26(23)29-19-21-10-7-6-8-11-21/h4,6-8,10-17,27H,1,5,9,18-19H2,2-3H3. The average Bonchev–Trinajstić information content (AvgIpc) is 2.77. The summed E-state index contributed by atoms with van der Waals surface area (Å²) in [7, 11) is 1.68. The van der Waals surface area contributed by atoms with Crippen LogP contribution in [0, 0.1) is 0 Å². The first-order chi connectivity index (χ1) is 14.2. The molecule has 0 amide bonds. The number of aryl methyl sites for hydroxylation is 1. The molecule has 3 nitrogen and oxygen atoms in total. The molecule has 0 saturated carbocycles. The summed E-state index contributed by atoms with van der Waals surface area (Å²) >= 11 is 0. The zero-order valence-corrected chi connectivity index (χ0v) is 17.3. The highest BCUT2D eigenvalue weighted by atomic mass is 16.5. The zero-order chi connectivity index (χ0) is 20.5. The summed E-state index contributed by atoms with van der Waals surface area (Å²) in [4.78, 5) is 0. The molecule has 0 fully saturated rings. The van der Waals surface area contributed by atoms with Gasteiger partial charge in [-0.2, -0.15) is 0 Å². The van der Waals surface area contributed by atoms with Crippen molar-refractivity contribution in [1.29, 1.82) is 0 Å². The SMILES string of the molecule is C=CCc1cc(CNc2ccc(CC)cc2)cc(OC)c1OCc1ccccc1. The van der Waals surface area contributed by atoms with Crippen molar-refractivity contribution < 1.29 is 9.47 Å². The Labute approximate surface area is 174 Å². The monoisotopic (exact) mass is 387 g/mol. The van der Waals surface area contributed by atoms with E-state index in [4.69, 9.17) is 9.47 Å². The van der Waals surface area contributed by atoms with E-state index in [1.54, 1.807) is 7.11 Å². The van der Waals surface area contributed by atoms with Crippen LogP contribution in [0.25, 0.3) is 0 Å². The topological polar surface area (TPSA) is 30.5 Å². The van der Waals surface area contributed by atoms with Crippen molar-refractivity contribution in [2.75, 3.05) is 12.4 Å². The Morgan fingerprint density at radius 2 is 1.69 bits per heavy atom. The van der Waals surface area contributed by atoms with Gasteiger partial charge in [-0.1, -0.05) is 55.5 Å². The molecule has 0 aromatic heterocycles. The first-order valence-corrected chi connectivity index (χ1v) is 10.0. The predicted octanol–water partition coefficient (Wildman–Crippen LogP) is 6.18. The van der Waals surface area contributed by atoms with Crippen LogP contribution in [0.5, 0.6) is 11.5 Å². The minimum Gasteiger partial charge on any atom is -0.493 e. The van der Waals surface area contributed by atoms with Crippen molar-refractivity contribution in [1.82, 2.24) is 0 Å². The van der Waals surface area contributed by atoms with Crippen molar-refractivity contribution >= 4 is 5.69 Å². The number of nitrogens with one attached hydrogen (secondary N) is 1. The van der Waals surface area contributed by atoms with Gasteiger partial charge in [-0.25, -0.2) is 0 Å². The molecule has 0 unspecified atom stereocenters. The van der Waals surface area contributed by atoms with E-state index < -0.39 is 0 Å². The lowest BCUT2D eigenvalue weighted by Gasteiger charge is -2.17. The van der Waals surface area contributed by atoms with E-state index in [-0.39, 0.29) is 0 Å². The predicted molar refractivity (Wildman–Crippen MR) is 121 cm³/mol. The van der Waals surface area contributed by atoms with Gasteiger partial charge in [0.2, 0.25) is 0 Å².